The Balaban J connectivity index is 1.73. The molecule has 0 aliphatic rings. The number of methoxy groups -OCH3 is 1. The van der Waals surface area contributed by atoms with Crippen molar-refractivity contribution in [2.24, 2.45) is 0 Å². The predicted octanol–water partition coefficient (Wildman–Crippen LogP) is 4.29. The fraction of sp³-hybridized carbons (Fsp3) is 0.0526. The summed E-state index contributed by atoms with van der Waals surface area (Å²) in [6.45, 7) is 0. The van der Waals surface area contributed by atoms with E-state index in [2.05, 4.69) is 4.72 Å². The summed E-state index contributed by atoms with van der Waals surface area (Å²) in [6, 6.07) is 22.2. The van der Waals surface area contributed by atoms with Gasteiger partial charge in [0.15, 0.2) is 0 Å². The Morgan fingerprint density at radius 3 is 1.88 bits per heavy atom. The van der Waals surface area contributed by atoms with Crippen molar-refractivity contribution in [3.8, 4) is 17.2 Å². The topological polar surface area (TPSA) is 64.6 Å². The van der Waals surface area contributed by atoms with Gasteiger partial charge in [-0.15, -0.1) is 0 Å². The van der Waals surface area contributed by atoms with E-state index in [0.29, 0.717) is 22.9 Å². The second-order valence-corrected chi connectivity index (χ2v) is 6.90. The van der Waals surface area contributed by atoms with Gasteiger partial charge in [-0.1, -0.05) is 18.2 Å². The van der Waals surface area contributed by atoms with Crippen LogP contribution in [0, 0.1) is 0 Å². The normalized spacial score (nSPS) is 10.9. The van der Waals surface area contributed by atoms with Gasteiger partial charge in [-0.2, -0.15) is 0 Å². The maximum atomic E-state index is 12.4. The molecule has 0 fully saturated rings. The van der Waals surface area contributed by atoms with Gasteiger partial charge >= 0.3 is 0 Å². The second-order valence-electron chi connectivity index (χ2n) is 5.22. The van der Waals surface area contributed by atoms with Gasteiger partial charge in [0.2, 0.25) is 0 Å². The van der Waals surface area contributed by atoms with Crippen LogP contribution in [0.3, 0.4) is 0 Å². The van der Waals surface area contributed by atoms with Crippen molar-refractivity contribution in [3.05, 3.63) is 78.9 Å². The molecular formula is C19H17NO4S. The maximum Gasteiger partial charge on any atom is 0.261 e. The largest absolute Gasteiger partial charge is 0.497 e. The first-order valence-corrected chi connectivity index (χ1v) is 9.05. The van der Waals surface area contributed by atoms with Crippen molar-refractivity contribution in [3.63, 3.8) is 0 Å². The summed E-state index contributed by atoms with van der Waals surface area (Å²) in [5, 5.41) is 0. The summed E-state index contributed by atoms with van der Waals surface area (Å²) in [5.74, 6) is 1.91. The lowest BCUT2D eigenvalue weighted by molar-refractivity contribution is 0.415. The van der Waals surface area contributed by atoms with E-state index in [1.807, 2.05) is 30.3 Å². The van der Waals surface area contributed by atoms with Gasteiger partial charge in [-0.05, 0) is 60.7 Å². The second kappa shape index (κ2) is 7.27. The highest BCUT2D eigenvalue weighted by Crippen LogP contribution is 2.24. The monoisotopic (exact) mass is 355 g/mol. The number of rotatable bonds is 6. The van der Waals surface area contributed by atoms with Gasteiger partial charge in [0.25, 0.3) is 10.0 Å². The number of hydrogen-bond acceptors (Lipinski definition) is 4. The summed E-state index contributed by atoms with van der Waals surface area (Å²) in [4.78, 5) is 0.156. The van der Waals surface area contributed by atoms with E-state index in [1.165, 1.54) is 12.1 Å². The molecule has 0 bridgehead atoms. The molecule has 0 unspecified atom stereocenters. The van der Waals surface area contributed by atoms with Crippen LogP contribution < -0.4 is 14.2 Å². The van der Waals surface area contributed by atoms with E-state index in [-0.39, 0.29) is 4.90 Å². The maximum absolute atomic E-state index is 12.4. The molecule has 3 rings (SSSR count). The predicted molar refractivity (Wildman–Crippen MR) is 96.8 cm³/mol. The number of nitrogens with one attached hydrogen (secondary N) is 1. The molecule has 3 aromatic carbocycles. The molecule has 0 radical (unpaired) electrons. The van der Waals surface area contributed by atoms with Crippen LogP contribution in [-0.4, -0.2) is 15.5 Å². The Bertz CT molecular complexity index is 921. The highest BCUT2D eigenvalue weighted by atomic mass is 32.2. The van der Waals surface area contributed by atoms with E-state index in [0.717, 1.165) is 0 Å². The minimum absolute atomic E-state index is 0.156. The first kappa shape index (κ1) is 16.9. The highest BCUT2D eigenvalue weighted by molar-refractivity contribution is 7.92. The summed E-state index contributed by atoms with van der Waals surface area (Å²) in [5.41, 5.74) is 0.463. The van der Waals surface area contributed by atoms with E-state index in [1.54, 1.807) is 43.5 Å². The van der Waals surface area contributed by atoms with Gasteiger partial charge in [-0.3, -0.25) is 4.72 Å². The number of ether oxygens (including phenoxy) is 2. The van der Waals surface area contributed by atoms with Gasteiger partial charge in [0.1, 0.15) is 17.2 Å². The number of hydrogen-bond donors (Lipinski definition) is 1. The minimum Gasteiger partial charge on any atom is -0.497 e. The van der Waals surface area contributed by atoms with E-state index < -0.39 is 10.0 Å². The SMILES string of the molecule is COc1ccc(NS(=O)(=O)c2ccc(Oc3ccccc3)cc2)cc1. The first-order valence-electron chi connectivity index (χ1n) is 7.57. The zero-order valence-electron chi connectivity index (χ0n) is 13.5. The van der Waals surface area contributed by atoms with Gasteiger partial charge in [0, 0.05) is 5.69 Å². The van der Waals surface area contributed by atoms with Crippen LogP contribution in [0.15, 0.2) is 83.8 Å². The molecule has 128 valence electrons. The van der Waals surface area contributed by atoms with Gasteiger partial charge < -0.3 is 9.47 Å². The molecule has 0 spiro atoms. The summed E-state index contributed by atoms with van der Waals surface area (Å²) < 4.78 is 38.1. The molecular weight excluding hydrogens is 338 g/mol. The van der Waals surface area contributed by atoms with Crippen LogP contribution in [0.2, 0.25) is 0 Å². The van der Waals surface area contributed by atoms with Gasteiger partial charge in [-0.25, -0.2) is 8.42 Å². The number of benzene rings is 3. The molecule has 0 aromatic heterocycles. The van der Waals surface area contributed by atoms with Crippen molar-refractivity contribution in [2.45, 2.75) is 4.90 Å². The van der Waals surface area contributed by atoms with Crippen molar-refractivity contribution in [1.82, 2.24) is 0 Å². The fourth-order valence-corrected chi connectivity index (χ4v) is 3.24. The summed E-state index contributed by atoms with van der Waals surface area (Å²) in [7, 11) is -2.12. The Morgan fingerprint density at radius 1 is 0.720 bits per heavy atom. The highest BCUT2D eigenvalue weighted by Gasteiger charge is 2.14. The van der Waals surface area contributed by atoms with Crippen LogP contribution in [0.4, 0.5) is 5.69 Å². The van der Waals surface area contributed by atoms with Crippen LogP contribution in [-0.2, 0) is 10.0 Å². The quantitative estimate of drug-likeness (QED) is 0.716. The Morgan fingerprint density at radius 2 is 1.28 bits per heavy atom. The van der Waals surface area contributed by atoms with E-state index in [4.69, 9.17) is 9.47 Å². The number of sulfonamides is 1. The molecule has 3 aromatic rings. The third-order valence-corrected chi connectivity index (χ3v) is 4.85. The zero-order chi connectivity index (χ0) is 17.7. The molecule has 25 heavy (non-hydrogen) atoms. The van der Waals surface area contributed by atoms with Crippen molar-refractivity contribution in [1.29, 1.82) is 0 Å². The van der Waals surface area contributed by atoms with E-state index >= 15 is 0 Å². The Kier molecular flexibility index (Phi) is 4.90. The molecule has 0 heterocycles. The third kappa shape index (κ3) is 4.30. The molecule has 0 saturated carbocycles. The zero-order valence-corrected chi connectivity index (χ0v) is 14.4. The third-order valence-electron chi connectivity index (χ3n) is 3.46. The molecule has 0 saturated heterocycles. The van der Waals surface area contributed by atoms with Crippen LogP contribution >= 0.6 is 0 Å². The van der Waals surface area contributed by atoms with Crippen LogP contribution in [0.25, 0.3) is 0 Å². The summed E-state index contributed by atoms with van der Waals surface area (Å²) >= 11 is 0. The first-order chi connectivity index (χ1) is 12.1. The smallest absolute Gasteiger partial charge is 0.261 e. The standard InChI is InChI=1S/C19H17NO4S/c1-23-16-9-7-15(8-10-16)20-25(21,22)19-13-11-18(12-14-19)24-17-5-3-2-4-6-17/h2-14,20H,1H3. The van der Waals surface area contributed by atoms with Crippen LogP contribution in [0.1, 0.15) is 0 Å². The number of anilines is 1. The average molecular weight is 355 g/mol. The minimum atomic E-state index is -3.67. The molecule has 0 amide bonds. The molecule has 1 N–H and O–H groups in total. The molecule has 5 nitrogen and oxygen atoms in total. The van der Waals surface area contributed by atoms with E-state index in [9.17, 15) is 8.42 Å². The lowest BCUT2D eigenvalue weighted by atomic mass is 10.3. The lowest BCUT2D eigenvalue weighted by Crippen LogP contribution is -2.12. The van der Waals surface area contributed by atoms with Crippen LogP contribution in [0.5, 0.6) is 17.2 Å². The average Bonchev–Trinajstić information content (AvgIpc) is 2.63. The molecule has 6 heteroatoms. The molecule has 0 aliphatic carbocycles. The number of para-hydroxylation sites is 1. The Hall–Kier alpha value is -2.99. The molecule has 0 aliphatic heterocycles. The molecule has 0 atom stereocenters. The van der Waals surface area contributed by atoms with Crippen molar-refractivity contribution >= 4 is 15.7 Å². The lowest BCUT2D eigenvalue weighted by Gasteiger charge is -2.10. The summed E-state index contributed by atoms with van der Waals surface area (Å²) in [6.07, 6.45) is 0. The van der Waals surface area contributed by atoms with Crippen molar-refractivity contribution < 1.29 is 17.9 Å². The van der Waals surface area contributed by atoms with Gasteiger partial charge in [0.05, 0.1) is 12.0 Å². The Labute approximate surface area is 146 Å². The fourth-order valence-electron chi connectivity index (χ4n) is 2.18. The van der Waals surface area contributed by atoms with Crippen molar-refractivity contribution in [2.75, 3.05) is 11.8 Å².